The van der Waals surface area contributed by atoms with E-state index in [0.29, 0.717) is 71.9 Å². The van der Waals surface area contributed by atoms with Crippen LogP contribution in [0, 0.1) is 0 Å². The van der Waals surface area contributed by atoms with Crippen LogP contribution in [-0.2, 0) is 8.85 Å². The molecular weight excluding hydrogens is 781 g/mol. The molecular formula is C45H72N4O8Si2. The van der Waals surface area contributed by atoms with Crippen molar-refractivity contribution in [1.29, 1.82) is 0 Å². The molecule has 2 amide bonds. The van der Waals surface area contributed by atoms with Gasteiger partial charge in [0.05, 0.1) is 63.9 Å². The summed E-state index contributed by atoms with van der Waals surface area (Å²) in [7, 11) is -0.884. The van der Waals surface area contributed by atoms with Crippen LogP contribution in [0.15, 0.2) is 47.8 Å². The van der Waals surface area contributed by atoms with Crippen molar-refractivity contribution in [2.24, 2.45) is 0 Å². The fraction of sp³-hybridized carbons (Fsp3) is 0.600. The number of unbranched alkanes of at least 4 members (excludes halogenated alkanes) is 2. The number of benzene rings is 2. The largest absolute Gasteiger partial charge is 0.493 e. The Kier molecular flexibility index (Phi) is 15.5. The number of nitrogens with zero attached hydrogens (tertiary/aromatic N) is 2. The number of hydrogen-bond acceptors (Lipinski definition) is 10. The summed E-state index contributed by atoms with van der Waals surface area (Å²) in [6.07, 6.45) is 7.63. The molecule has 0 fully saturated rings. The first-order valence-electron chi connectivity index (χ1n) is 20.9. The van der Waals surface area contributed by atoms with E-state index in [0.717, 1.165) is 43.3 Å². The van der Waals surface area contributed by atoms with Gasteiger partial charge in [-0.25, -0.2) is 0 Å². The average molecular weight is 853 g/mol. The smallest absolute Gasteiger partial charge is 0.260 e. The zero-order valence-electron chi connectivity index (χ0n) is 38.3. The lowest BCUT2D eigenvalue weighted by molar-refractivity contribution is 0.0731. The lowest BCUT2D eigenvalue weighted by Gasteiger charge is -2.38. The number of methoxy groups -OCH3 is 2. The Balaban J connectivity index is 1.29. The summed E-state index contributed by atoms with van der Waals surface area (Å²) < 4.78 is 36.5. The quantitative estimate of drug-likeness (QED) is 0.0844. The molecule has 4 N–H and O–H groups in total. The van der Waals surface area contributed by atoms with Gasteiger partial charge in [-0.15, -0.1) is 0 Å². The Bertz CT molecular complexity index is 1750. The van der Waals surface area contributed by atoms with Gasteiger partial charge in [0.1, 0.15) is 0 Å². The van der Waals surface area contributed by atoms with Crippen LogP contribution in [0.2, 0.25) is 36.3 Å². The van der Waals surface area contributed by atoms with E-state index in [2.05, 4.69) is 67.7 Å². The monoisotopic (exact) mass is 852 g/mol. The molecule has 0 radical (unpaired) electrons. The Labute approximate surface area is 355 Å². The van der Waals surface area contributed by atoms with Crippen LogP contribution in [0.5, 0.6) is 23.0 Å². The van der Waals surface area contributed by atoms with Gasteiger partial charge in [0.15, 0.2) is 39.6 Å². The highest BCUT2D eigenvalue weighted by molar-refractivity contribution is 6.74. The van der Waals surface area contributed by atoms with Crippen molar-refractivity contribution in [3.8, 4) is 23.0 Å². The van der Waals surface area contributed by atoms with Crippen LogP contribution in [-0.4, -0.2) is 91.0 Å². The molecule has 0 saturated heterocycles. The second-order valence-electron chi connectivity index (χ2n) is 19.2. The molecule has 12 nitrogen and oxygen atoms in total. The highest BCUT2D eigenvalue weighted by Crippen LogP contribution is 2.40. The molecule has 2 aromatic carbocycles. The predicted molar refractivity (Wildman–Crippen MR) is 243 cm³/mol. The summed E-state index contributed by atoms with van der Waals surface area (Å²) in [4.78, 5) is 31.2. The third-order valence-corrected chi connectivity index (χ3v) is 21.4. The number of ether oxygens (including phenoxy) is 4. The molecule has 2 atom stereocenters. The summed E-state index contributed by atoms with van der Waals surface area (Å²) in [6, 6.07) is 6.46. The first-order valence-corrected chi connectivity index (χ1v) is 26.7. The number of rotatable bonds is 18. The summed E-state index contributed by atoms with van der Waals surface area (Å²) in [6.45, 7) is 28.0. The first kappa shape index (κ1) is 47.7. The van der Waals surface area contributed by atoms with E-state index in [9.17, 15) is 9.59 Å². The van der Waals surface area contributed by atoms with E-state index in [-0.39, 0.29) is 34.0 Å². The van der Waals surface area contributed by atoms with Crippen molar-refractivity contribution in [2.45, 2.75) is 136 Å². The van der Waals surface area contributed by atoms with Crippen LogP contribution < -0.4 is 30.4 Å². The summed E-state index contributed by atoms with van der Waals surface area (Å²) in [5.74, 6) is 1.46. The molecule has 328 valence electrons. The molecule has 2 heterocycles. The molecule has 2 aliphatic heterocycles. The Morgan fingerprint density at radius 1 is 0.627 bits per heavy atom. The molecule has 0 bridgehead atoms. The second kappa shape index (κ2) is 19.2. The van der Waals surface area contributed by atoms with Gasteiger partial charge in [0.2, 0.25) is 0 Å². The maximum atomic E-state index is 13.9. The van der Waals surface area contributed by atoms with Gasteiger partial charge in [-0.1, -0.05) is 52.7 Å². The summed E-state index contributed by atoms with van der Waals surface area (Å²) in [5, 5.41) is 0.142. The normalized spacial score (nSPS) is 17.5. The zero-order chi connectivity index (χ0) is 44.1. The molecule has 0 spiro atoms. The van der Waals surface area contributed by atoms with E-state index in [4.69, 9.17) is 39.3 Å². The highest BCUT2D eigenvalue weighted by Gasteiger charge is 2.41. The minimum atomic E-state index is -1.99. The fourth-order valence-electron chi connectivity index (χ4n) is 6.59. The number of carbonyl (C=O) groups excluding carboxylic acids is 2. The average Bonchev–Trinajstić information content (AvgIpc) is 3.72. The number of nitrogens with two attached hydrogens (primary N) is 2. The van der Waals surface area contributed by atoms with Crippen molar-refractivity contribution in [3.63, 3.8) is 0 Å². The van der Waals surface area contributed by atoms with Crippen LogP contribution in [0.25, 0.3) is 0 Å². The zero-order valence-corrected chi connectivity index (χ0v) is 40.3. The molecule has 2 aromatic rings. The molecule has 0 unspecified atom stereocenters. The summed E-state index contributed by atoms with van der Waals surface area (Å²) in [5.41, 5.74) is 16.6. The Hall–Kier alpha value is -3.99. The van der Waals surface area contributed by atoms with Gasteiger partial charge >= 0.3 is 0 Å². The van der Waals surface area contributed by atoms with Gasteiger partial charge in [-0.3, -0.25) is 9.59 Å². The molecule has 4 rings (SSSR count). The Morgan fingerprint density at radius 2 is 0.983 bits per heavy atom. The van der Waals surface area contributed by atoms with Crippen LogP contribution in [0.3, 0.4) is 0 Å². The maximum absolute atomic E-state index is 13.9. The van der Waals surface area contributed by atoms with Crippen molar-refractivity contribution >= 4 is 39.8 Å². The number of carbonyl (C=O) groups is 2. The fourth-order valence-corrected chi connectivity index (χ4v) is 8.67. The number of anilines is 2. The molecule has 59 heavy (non-hydrogen) atoms. The third-order valence-electron chi connectivity index (χ3n) is 12.4. The topological polar surface area (TPSA) is 148 Å². The van der Waals surface area contributed by atoms with Gasteiger partial charge < -0.3 is 49.1 Å². The predicted octanol–water partition coefficient (Wildman–Crippen LogP) is 9.78. The SMILES string of the molecule is COc1cc(C(=O)N2C=C(C)C[C@H]2CO[Si](C)(C)C(C)(C)C)c(N)cc1OCCCCCOc1cc(N)c(C(=O)N2C=C(C)C[C@H]2CO[Si](C)(C)C(C)(C)C)cc1OC. The highest BCUT2D eigenvalue weighted by atomic mass is 28.4. The molecule has 14 heteroatoms. The van der Waals surface area contributed by atoms with Gasteiger partial charge in [0.25, 0.3) is 11.8 Å². The van der Waals surface area contributed by atoms with E-state index >= 15 is 0 Å². The van der Waals surface area contributed by atoms with Gasteiger partial charge in [-0.2, -0.15) is 0 Å². The van der Waals surface area contributed by atoms with Crippen LogP contribution in [0.4, 0.5) is 11.4 Å². The lowest BCUT2D eigenvalue weighted by atomic mass is 10.1. The molecule has 0 saturated carbocycles. The lowest BCUT2D eigenvalue weighted by Crippen LogP contribution is -2.45. The van der Waals surface area contributed by atoms with Crippen LogP contribution in [0.1, 0.15) is 108 Å². The minimum Gasteiger partial charge on any atom is -0.493 e. The van der Waals surface area contributed by atoms with Gasteiger partial charge in [-0.05, 0) is 94.3 Å². The van der Waals surface area contributed by atoms with Crippen molar-refractivity contribution in [3.05, 3.63) is 58.9 Å². The van der Waals surface area contributed by atoms with Crippen molar-refractivity contribution in [1.82, 2.24) is 9.80 Å². The van der Waals surface area contributed by atoms with E-state index < -0.39 is 16.6 Å². The summed E-state index contributed by atoms with van der Waals surface area (Å²) >= 11 is 0. The molecule has 0 aromatic heterocycles. The van der Waals surface area contributed by atoms with E-state index in [1.807, 2.05) is 26.2 Å². The number of nitrogen functional groups attached to an aromatic ring is 2. The standard InChI is InChI=1S/C45H72N4O8Si2/c1-30-20-32(28-56-58(11,12)44(3,4)5)48(26-30)42(50)34-22-38(52-9)40(24-36(34)46)54-18-16-15-17-19-55-41-25-37(47)35(23-39(41)53-10)43(51)49-27-31(2)21-33(49)29-57-59(13,14)45(6,7)8/h22-27,32-33H,15-21,28-29,46-47H2,1-14H3/t32-,33-/m0/s1. The Morgan fingerprint density at radius 3 is 1.31 bits per heavy atom. The third kappa shape index (κ3) is 11.6. The molecule has 2 aliphatic rings. The first-order chi connectivity index (χ1) is 27.4. The number of hydrogen-bond donors (Lipinski definition) is 2. The minimum absolute atomic E-state index is 0.0711. The van der Waals surface area contributed by atoms with Crippen LogP contribution >= 0.6 is 0 Å². The maximum Gasteiger partial charge on any atom is 0.260 e. The van der Waals surface area contributed by atoms with Gasteiger partial charge in [0, 0.05) is 35.9 Å². The molecule has 0 aliphatic carbocycles. The van der Waals surface area contributed by atoms with Crippen molar-refractivity contribution < 1.29 is 37.4 Å². The number of amides is 2. The van der Waals surface area contributed by atoms with E-state index in [1.165, 1.54) is 0 Å². The second-order valence-corrected chi connectivity index (χ2v) is 28.8. The van der Waals surface area contributed by atoms with Crippen molar-refractivity contribution in [2.75, 3.05) is 52.1 Å². The van der Waals surface area contributed by atoms with E-state index in [1.54, 1.807) is 48.3 Å².